The van der Waals surface area contributed by atoms with Crippen molar-refractivity contribution in [1.29, 1.82) is 0 Å². The van der Waals surface area contributed by atoms with Gasteiger partial charge in [0.25, 0.3) is 0 Å². The SMILES string of the molecule is C.CC[C@@H](C(C)C)n1ncn(-c2ccc(N3CCN(c4ccc(-c5ccc(C(F)(F)C(O)(Cn6cnnn6)c6cccc(F)c6)nc5)cc4)CC3)cc2)c1=O.OC(Cn1cnnn1)(c1cccc(F)c1)C(F)(F)c1ccc(Br)cn1. The maximum atomic E-state index is 16.2. The van der Waals surface area contributed by atoms with Crippen molar-refractivity contribution >= 4 is 27.3 Å². The van der Waals surface area contributed by atoms with E-state index in [1.165, 1.54) is 54.9 Å². The molecule has 418 valence electrons. The predicted octanol–water partition coefficient (Wildman–Crippen LogP) is 9.12. The van der Waals surface area contributed by atoms with E-state index in [9.17, 15) is 23.8 Å². The van der Waals surface area contributed by atoms with Crippen LogP contribution < -0.4 is 15.5 Å². The van der Waals surface area contributed by atoms with Crippen molar-refractivity contribution < 1.29 is 36.6 Å². The second-order valence-electron chi connectivity index (χ2n) is 19.2. The smallest absolute Gasteiger partial charge is 0.350 e. The number of pyridine rings is 2. The molecule has 1 aliphatic rings. The molecule has 1 fully saturated rings. The number of hydrogen-bond donors (Lipinski definition) is 2. The molecule has 0 saturated carbocycles. The summed E-state index contributed by atoms with van der Waals surface area (Å²) in [6.07, 6.45) is 7.12. The Morgan fingerprint density at radius 1 is 0.613 bits per heavy atom. The van der Waals surface area contributed by atoms with Crippen LogP contribution in [0.2, 0.25) is 0 Å². The van der Waals surface area contributed by atoms with Crippen molar-refractivity contribution in [2.45, 2.75) is 76.8 Å². The molecule has 4 aromatic carbocycles. The first kappa shape index (κ1) is 58.0. The van der Waals surface area contributed by atoms with Crippen LogP contribution in [0.15, 0.2) is 162 Å². The van der Waals surface area contributed by atoms with Gasteiger partial charge in [0.2, 0.25) is 0 Å². The molecule has 5 aromatic heterocycles. The van der Waals surface area contributed by atoms with Crippen molar-refractivity contribution in [3.05, 3.63) is 202 Å². The summed E-state index contributed by atoms with van der Waals surface area (Å²) in [6.45, 7) is 8.02. The molecule has 18 nitrogen and oxygen atoms in total. The Balaban J connectivity index is 0.000000271. The third kappa shape index (κ3) is 11.9. The fraction of sp³-hybridized carbons (Fsp3) is 0.309. The molecule has 9 aromatic rings. The molecule has 2 unspecified atom stereocenters. The molecular weight excluding hydrogens is 1110 g/mol. The zero-order valence-corrected chi connectivity index (χ0v) is 44.3. The maximum absolute atomic E-state index is 16.2. The van der Waals surface area contributed by atoms with Gasteiger partial charge in [0.05, 0.1) is 24.8 Å². The van der Waals surface area contributed by atoms with Gasteiger partial charge >= 0.3 is 17.5 Å². The number of piperazine rings is 1. The Labute approximate surface area is 464 Å². The van der Waals surface area contributed by atoms with Crippen LogP contribution in [-0.2, 0) is 36.1 Å². The van der Waals surface area contributed by atoms with Gasteiger partial charge in [-0.2, -0.15) is 22.7 Å². The van der Waals surface area contributed by atoms with Crippen LogP contribution in [0.25, 0.3) is 16.8 Å². The highest BCUT2D eigenvalue weighted by Crippen LogP contribution is 2.47. The first-order valence-electron chi connectivity index (χ1n) is 24.9. The van der Waals surface area contributed by atoms with E-state index >= 15 is 17.6 Å². The lowest BCUT2D eigenvalue weighted by molar-refractivity contribution is -0.206. The highest BCUT2D eigenvalue weighted by Gasteiger charge is 2.58. The molecular formula is C55H56BrF6N15O3. The van der Waals surface area contributed by atoms with Crippen LogP contribution in [0.1, 0.15) is 63.2 Å². The number of anilines is 2. The number of aliphatic hydroxyl groups is 2. The Morgan fingerprint density at radius 2 is 1.07 bits per heavy atom. The maximum Gasteiger partial charge on any atom is 0.350 e. The Kier molecular flexibility index (Phi) is 17.4. The first-order valence-corrected chi connectivity index (χ1v) is 25.7. The first-order chi connectivity index (χ1) is 37.8. The minimum atomic E-state index is -3.95. The average Bonchev–Trinajstić information content (AvgIpc) is 4.33. The van der Waals surface area contributed by atoms with E-state index in [0.29, 0.717) is 16.0 Å². The molecule has 25 heteroatoms. The molecule has 0 spiro atoms. The fourth-order valence-electron chi connectivity index (χ4n) is 9.50. The summed E-state index contributed by atoms with van der Waals surface area (Å²) >= 11 is 3.12. The molecule has 0 amide bonds. The number of aromatic nitrogens is 13. The summed E-state index contributed by atoms with van der Waals surface area (Å²) in [5.41, 5.74) is -3.61. The summed E-state index contributed by atoms with van der Waals surface area (Å²) in [4.78, 5) is 25.5. The van der Waals surface area contributed by atoms with Gasteiger partial charge in [0, 0.05) is 60.0 Å². The summed E-state index contributed by atoms with van der Waals surface area (Å²) in [6, 6.07) is 29.8. The van der Waals surface area contributed by atoms with Gasteiger partial charge in [-0.1, -0.05) is 70.7 Å². The van der Waals surface area contributed by atoms with Crippen molar-refractivity contribution in [1.82, 2.24) is 64.7 Å². The number of rotatable bonds is 17. The highest BCUT2D eigenvalue weighted by atomic mass is 79.9. The lowest BCUT2D eigenvalue weighted by Gasteiger charge is -2.37. The van der Waals surface area contributed by atoms with Crippen LogP contribution in [0.3, 0.4) is 0 Å². The van der Waals surface area contributed by atoms with Crippen molar-refractivity contribution in [3.63, 3.8) is 0 Å². The van der Waals surface area contributed by atoms with Gasteiger partial charge < -0.3 is 20.0 Å². The van der Waals surface area contributed by atoms with Gasteiger partial charge in [-0.15, -0.1) is 10.2 Å². The van der Waals surface area contributed by atoms with Crippen molar-refractivity contribution in [2.75, 3.05) is 36.0 Å². The quantitative estimate of drug-likeness (QED) is 0.0818. The van der Waals surface area contributed by atoms with Gasteiger partial charge in [-0.05, 0) is 145 Å². The Morgan fingerprint density at radius 3 is 1.49 bits per heavy atom. The number of benzene rings is 4. The molecule has 1 aliphatic heterocycles. The lowest BCUT2D eigenvalue weighted by atomic mass is 9.85. The van der Waals surface area contributed by atoms with Crippen LogP contribution in [0.5, 0.6) is 0 Å². The van der Waals surface area contributed by atoms with Crippen LogP contribution >= 0.6 is 15.9 Å². The van der Waals surface area contributed by atoms with E-state index in [-0.39, 0.29) is 30.3 Å². The molecule has 1 saturated heterocycles. The minimum absolute atomic E-state index is 0. The molecule has 3 atom stereocenters. The molecule has 2 N–H and O–H groups in total. The highest BCUT2D eigenvalue weighted by molar-refractivity contribution is 9.10. The number of hydrogen-bond acceptors (Lipinski definition) is 14. The molecule has 0 radical (unpaired) electrons. The number of halogens is 7. The summed E-state index contributed by atoms with van der Waals surface area (Å²) in [5.74, 6) is -9.03. The Bertz CT molecular complexity index is 3490. The lowest BCUT2D eigenvalue weighted by Crippen LogP contribution is -2.47. The average molecular weight is 1170 g/mol. The predicted molar refractivity (Wildman–Crippen MR) is 289 cm³/mol. The summed E-state index contributed by atoms with van der Waals surface area (Å²) in [5, 5.41) is 47.6. The van der Waals surface area contributed by atoms with Crippen LogP contribution in [-0.4, -0.2) is 101 Å². The van der Waals surface area contributed by atoms with Gasteiger partial charge in [-0.25, -0.2) is 32.2 Å². The molecule has 80 heavy (non-hydrogen) atoms. The number of nitrogens with zero attached hydrogens (tertiary/aromatic N) is 15. The largest absolute Gasteiger partial charge is 0.377 e. The third-order valence-electron chi connectivity index (χ3n) is 13.9. The fourth-order valence-corrected chi connectivity index (χ4v) is 9.74. The second-order valence-corrected chi connectivity index (χ2v) is 20.1. The van der Waals surface area contributed by atoms with E-state index in [2.05, 4.69) is 92.6 Å². The van der Waals surface area contributed by atoms with Crippen molar-refractivity contribution in [2.24, 2.45) is 5.92 Å². The zero-order chi connectivity index (χ0) is 56.1. The van der Waals surface area contributed by atoms with E-state index < -0.39 is 59.2 Å². The number of alkyl halides is 4. The van der Waals surface area contributed by atoms with E-state index in [1.54, 1.807) is 15.6 Å². The third-order valence-corrected chi connectivity index (χ3v) is 14.3. The molecule has 0 aliphatic carbocycles. The second kappa shape index (κ2) is 24.1. The monoisotopic (exact) mass is 1170 g/mol. The van der Waals surface area contributed by atoms with Gasteiger partial charge in [0.1, 0.15) is 42.0 Å². The van der Waals surface area contributed by atoms with E-state index in [1.807, 2.05) is 48.5 Å². The van der Waals surface area contributed by atoms with Crippen LogP contribution in [0, 0.1) is 17.6 Å². The minimum Gasteiger partial charge on any atom is -0.377 e. The Hall–Kier alpha value is -8.16. The van der Waals surface area contributed by atoms with E-state index in [4.69, 9.17) is 0 Å². The van der Waals surface area contributed by atoms with Gasteiger partial charge in [-0.3, -0.25) is 9.97 Å². The van der Waals surface area contributed by atoms with E-state index in [0.717, 1.165) is 108 Å². The molecule has 10 rings (SSSR count). The van der Waals surface area contributed by atoms with Crippen LogP contribution in [0.4, 0.5) is 37.7 Å². The van der Waals surface area contributed by atoms with Gasteiger partial charge in [0.15, 0.2) is 11.2 Å². The summed E-state index contributed by atoms with van der Waals surface area (Å²) < 4.78 is 96.0. The normalized spacial score (nSPS) is 14.9. The molecule has 0 bridgehead atoms. The zero-order valence-electron chi connectivity index (χ0n) is 42.7. The standard InChI is InChI=1S/C39H41F3N10O2.C15H11BrF3N5O.CH4/c1-4-35(27(2)3)52-37(53)51(26-45-52)34-15-13-33(14-16-34)49-20-18-48(19-21-49)32-11-8-28(9-12-32)29-10-17-36(43-23-29)39(41,42)38(54,24-50-25-44-46-47-50)30-6-5-7-31(40)22-30;16-11-4-5-13(20-7-11)15(18,19)14(25,8-24-9-21-22-23-24)10-2-1-3-12(17)6-10;/h5-17,22-23,25-27,35,54H,4,18-21,24H2,1-3H3;1-7,9,25H,8H2;1H4/t35-,38?;;/m0../s1. The molecule has 6 heterocycles. The van der Waals surface area contributed by atoms with Crippen molar-refractivity contribution in [3.8, 4) is 16.8 Å². The summed E-state index contributed by atoms with van der Waals surface area (Å²) in [7, 11) is 0. The topological polar surface area (TPSA) is 200 Å². The number of tetrazole rings is 2.